The first-order valence-electron chi connectivity index (χ1n) is 6.08. The van der Waals surface area contributed by atoms with E-state index in [1.54, 1.807) is 0 Å². The molecule has 0 bridgehead atoms. The SMILES string of the molecule is CC(C)(C)c1nc(N2CCOCC2)sc1C(=N)N. The number of amidine groups is 1. The van der Waals surface area contributed by atoms with Crippen molar-refractivity contribution in [3.63, 3.8) is 0 Å². The van der Waals surface area contributed by atoms with Crippen molar-refractivity contribution in [2.75, 3.05) is 31.2 Å². The van der Waals surface area contributed by atoms with E-state index in [1.165, 1.54) is 11.3 Å². The molecule has 2 rings (SSSR count). The molecule has 100 valence electrons. The quantitative estimate of drug-likeness (QED) is 0.630. The maximum atomic E-state index is 7.69. The predicted molar refractivity (Wildman–Crippen MR) is 74.9 cm³/mol. The van der Waals surface area contributed by atoms with Gasteiger partial charge in [-0.05, 0) is 0 Å². The average Bonchev–Trinajstić information content (AvgIpc) is 2.74. The average molecular weight is 268 g/mol. The van der Waals surface area contributed by atoms with Crippen LogP contribution in [0.5, 0.6) is 0 Å². The number of nitrogens with zero attached hydrogens (tertiary/aromatic N) is 2. The Hall–Kier alpha value is -1.14. The highest BCUT2D eigenvalue weighted by Crippen LogP contribution is 2.33. The highest BCUT2D eigenvalue weighted by Gasteiger charge is 2.26. The van der Waals surface area contributed by atoms with E-state index < -0.39 is 0 Å². The summed E-state index contributed by atoms with van der Waals surface area (Å²) in [5.74, 6) is 0.108. The van der Waals surface area contributed by atoms with Crippen molar-refractivity contribution in [1.82, 2.24) is 4.98 Å². The second kappa shape index (κ2) is 4.85. The number of nitrogen functional groups attached to an aromatic ring is 1. The van der Waals surface area contributed by atoms with E-state index in [-0.39, 0.29) is 11.3 Å². The van der Waals surface area contributed by atoms with E-state index in [0.717, 1.165) is 42.0 Å². The van der Waals surface area contributed by atoms with Crippen molar-refractivity contribution in [3.8, 4) is 0 Å². The molecule has 6 heteroatoms. The molecule has 1 fully saturated rings. The number of hydrogen-bond acceptors (Lipinski definition) is 5. The third-order valence-electron chi connectivity index (χ3n) is 2.85. The van der Waals surface area contributed by atoms with Gasteiger partial charge in [0.2, 0.25) is 0 Å². The maximum absolute atomic E-state index is 7.69. The van der Waals surface area contributed by atoms with Gasteiger partial charge in [0.1, 0.15) is 5.84 Å². The molecule has 2 heterocycles. The molecule has 0 amide bonds. The van der Waals surface area contributed by atoms with Crippen LogP contribution in [-0.4, -0.2) is 37.1 Å². The molecular formula is C12H20N4OS. The predicted octanol–water partition coefficient (Wildman–Crippen LogP) is 1.56. The largest absolute Gasteiger partial charge is 0.383 e. The monoisotopic (exact) mass is 268 g/mol. The summed E-state index contributed by atoms with van der Waals surface area (Å²) in [6.45, 7) is 9.47. The van der Waals surface area contributed by atoms with Crippen LogP contribution in [0, 0.1) is 5.41 Å². The van der Waals surface area contributed by atoms with Crippen LogP contribution in [0.25, 0.3) is 0 Å². The van der Waals surface area contributed by atoms with Crippen LogP contribution in [0.1, 0.15) is 31.3 Å². The van der Waals surface area contributed by atoms with Crippen LogP contribution in [0.4, 0.5) is 5.13 Å². The fraction of sp³-hybridized carbons (Fsp3) is 0.667. The summed E-state index contributed by atoms with van der Waals surface area (Å²) in [6, 6.07) is 0. The van der Waals surface area contributed by atoms with Crippen molar-refractivity contribution in [1.29, 1.82) is 5.41 Å². The lowest BCUT2D eigenvalue weighted by Crippen LogP contribution is -2.36. The summed E-state index contributed by atoms with van der Waals surface area (Å²) in [6.07, 6.45) is 0. The topological polar surface area (TPSA) is 75.2 Å². The highest BCUT2D eigenvalue weighted by atomic mass is 32.1. The van der Waals surface area contributed by atoms with Gasteiger partial charge in [0, 0.05) is 18.5 Å². The Labute approximate surface area is 111 Å². The molecule has 5 nitrogen and oxygen atoms in total. The molecule has 0 unspecified atom stereocenters. The zero-order valence-corrected chi connectivity index (χ0v) is 11.9. The van der Waals surface area contributed by atoms with Gasteiger partial charge in [-0.2, -0.15) is 0 Å². The Morgan fingerprint density at radius 2 is 2.00 bits per heavy atom. The van der Waals surface area contributed by atoms with Gasteiger partial charge in [-0.1, -0.05) is 32.1 Å². The molecule has 1 aliphatic heterocycles. The molecule has 1 aromatic heterocycles. The molecule has 1 aromatic rings. The van der Waals surface area contributed by atoms with E-state index >= 15 is 0 Å². The van der Waals surface area contributed by atoms with Crippen LogP contribution >= 0.6 is 11.3 Å². The number of nitrogens with one attached hydrogen (secondary N) is 1. The molecule has 1 saturated heterocycles. The number of hydrogen-bond donors (Lipinski definition) is 2. The van der Waals surface area contributed by atoms with Gasteiger partial charge >= 0.3 is 0 Å². The van der Waals surface area contributed by atoms with Crippen LogP contribution in [0.3, 0.4) is 0 Å². The lowest BCUT2D eigenvalue weighted by Gasteiger charge is -2.26. The fourth-order valence-corrected chi connectivity index (χ4v) is 3.08. The van der Waals surface area contributed by atoms with Crippen molar-refractivity contribution in [2.24, 2.45) is 5.73 Å². The second-order valence-electron chi connectivity index (χ2n) is 5.44. The number of ether oxygens (including phenoxy) is 1. The fourth-order valence-electron chi connectivity index (χ4n) is 1.89. The zero-order chi connectivity index (χ0) is 13.3. The molecule has 18 heavy (non-hydrogen) atoms. The standard InChI is InChI=1S/C12H20N4OS/c1-12(2,3)9-8(10(13)14)18-11(15-9)16-4-6-17-7-5-16/h4-7H2,1-3H3,(H3,13,14). The summed E-state index contributed by atoms with van der Waals surface area (Å²) in [5, 5.41) is 8.64. The van der Waals surface area contributed by atoms with Crippen molar-refractivity contribution in [2.45, 2.75) is 26.2 Å². The van der Waals surface area contributed by atoms with Crippen molar-refractivity contribution in [3.05, 3.63) is 10.6 Å². The van der Waals surface area contributed by atoms with Crippen molar-refractivity contribution < 1.29 is 4.74 Å². The minimum atomic E-state index is -0.0952. The normalized spacial score (nSPS) is 16.9. The first-order chi connectivity index (χ1) is 8.39. The zero-order valence-electron chi connectivity index (χ0n) is 11.1. The summed E-state index contributed by atoms with van der Waals surface area (Å²) in [4.78, 5) is 7.69. The Kier molecular flexibility index (Phi) is 3.59. The molecule has 0 aliphatic carbocycles. The summed E-state index contributed by atoms with van der Waals surface area (Å²) in [5.41, 5.74) is 6.49. The lowest BCUT2D eigenvalue weighted by molar-refractivity contribution is 0.122. The molecular weight excluding hydrogens is 248 g/mol. The number of anilines is 1. The number of nitrogens with two attached hydrogens (primary N) is 1. The highest BCUT2D eigenvalue weighted by molar-refractivity contribution is 7.17. The maximum Gasteiger partial charge on any atom is 0.186 e. The molecule has 0 radical (unpaired) electrons. The van der Waals surface area contributed by atoms with Gasteiger partial charge in [-0.25, -0.2) is 4.98 Å². The Balaban J connectivity index is 2.35. The van der Waals surface area contributed by atoms with Gasteiger partial charge < -0.3 is 15.4 Å². The molecule has 0 atom stereocenters. The summed E-state index contributed by atoms with van der Waals surface area (Å²) >= 11 is 1.51. The Morgan fingerprint density at radius 1 is 1.39 bits per heavy atom. The van der Waals surface area contributed by atoms with Gasteiger partial charge in [-0.3, -0.25) is 5.41 Å². The number of rotatable bonds is 2. The molecule has 0 saturated carbocycles. The minimum absolute atomic E-state index is 0.0952. The molecule has 1 aliphatic rings. The van der Waals surface area contributed by atoms with E-state index in [9.17, 15) is 0 Å². The van der Waals surface area contributed by atoms with E-state index in [2.05, 4.69) is 25.7 Å². The second-order valence-corrected chi connectivity index (χ2v) is 6.41. The molecule has 0 spiro atoms. The van der Waals surface area contributed by atoms with Gasteiger partial charge in [0.25, 0.3) is 0 Å². The van der Waals surface area contributed by atoms with Crippen LogP contribution in [-0.2, 0) is 10.2 Å². The number of morpholine rings is 1. The van der Waals surface area contributed by atoms with Crippen LogP contribution in [0.2, 0.25) is 0 Å². The van der Waals surface area contributed by atoms with Gasteiger partial charge in [0.05, 0.1) is 23.8 Å². The minimum Gasteiger partial charge on any atom is -0.383 e. The lowest BCUT2D eigenvalue weighted by atomic mass is 9.91. The third kappa shape index (κ3) is 2.64. The van der Waals surface area contributed by atoms with Crippen LogP contribution < -0.4 is 10.6 Å². The van der Waals surface area contributed by atoms with E-state index in [4.69, 9.17) is 20.9 Å². The molecule has 3 N–H and O–H groups in total. The van der Waals surface area contributed by atoms with Crippen molar-refractivity contribution >= 4 is 22.3 Å². The van der Waals surface area contributed by atoms with E-state index in [1.807, 2.05) is 0 Å². The first-order valence-corrected chi connectivity index (χ1v) is 6.89. The summed E-state index contributed by atoms with van der Waals surface area (Å²) in [7, 11) is 0. The third-order valence-corrected chi connectivity index (χ3v) is 4.00. The Bertz CT molecular complexity index is 443. The van der Waals surface area contributed by atoms with Gasteiger partial charge in [0.15, 0.2) is 5.13 Å². The Morgan fingerprint density at radius 3 is 2.44 bits per heavy atom. The summed E-state index contributed by atoms with van der Waals surface area (Å²) < 4.78 is 5.34. The first kappa shape index (κ1) is 13.3. The van der Waals surface area contributed by atoms with Crippen LogP contribution in [0.15, 0.2) is 0 Å². The van der Waals surface area contributed by atoms with Gasteiger partial charge in [-0.15, -0.1) is 0 Å². The number of aromatic nitrogens is 1. The molecule has 0 aromatic carbocycles. The van der Waals surface area contributed by atoms with E-state index in [0.29, 0.717) is 0 Å². The number of thiazole rings is 1. The smallest absolute Gasteiger partial charge is 0.186 e.